The molecule has 5 nitrogen and oxygen atoms in total. The number of hydrogen-bond donors (Lipinski definition) is 1. The summed E-state index contributed by atoms with van der Waals surface area (Å²) in [4.78, 5) is 29.2. The highest BCUT2D eigenvalue weighted by Gasteiger charge is 2.14. The van der Waals surface area contributed by atoms with Gasteiger partial charge >= 0.3 is 0 Å². The lowest BCUT2D eigenvalue weighted by Gasteiger charge is -2.07. The number of carbonyl (C=O) groups excluding carboxylic acids is 1. The van der Waals surface area contributed by atoms with Gasteiger partial charge in [0.05, 0.1) is 17.2 Å². The van der Waals surface area contributed by atoms with Crippen molar-refractivity contribution in [3.8, 4) is 0 Å². The van der Waals surface area contributed by atoms with Crippen LogP contribution in [-0.2, 0) is 13.0 Å². The van der Waals surface area contributed by atoms with Gasteiger partial charge in [0.1, 0.15) is 4.88 Å². The van der Waals surface area contributed by atoms with E-state index in [2.05, 4.69) is 10.3 Å². The summed E-state index contributed by atoms with van der Waals surface area (Å²) in [5, 5.41) is 3.87. The number of benzene rings is 1. The van der Waals surface area contributed by atoms with E-state index in [4.69, 9.17) is 0 Å². The Bertz CT molecular complexity index is 942. The molecule has 2 aromatic heterocycles. The van der Waals surface area contributed by atoms with Crippen molar-refractivity contribution in [1.29, 1.82) is 0 Å². The van der Waals surface area contributed by atoms with E-state index in [-0.39, 0.29) is 11.5 Å². The molecule has 0 unspecified atom stereocenters. The van der Waals surface area contributed by atoms with Crippen molar-refractivity contribution in [3.05, 3.63) is 80.2 Å². The number of aryl methyl sites for hydroxylation is 2. The first-order valence-electron chi connectivity index (χ1n) is 8.09. The average Bonchev–Trinajstić information content (AvgIpc) is 3.00. The summed E-state index contributed by atoms with van der Waals surface area (Å²) in [7, 11) is 0. The fourth-order valence-electron chi connectivity index (χ4n) is 2.48. The van der Waals surface area contributed by atoms with Crippen molar-refractivity contribution < 1.29 is 4.79 Å². The molecule has 25 heavy (non-hydrogen) atoms. The highest BCUT2D eigenvalue weighted by atomic mass is 32.1. The molecule has 0 aliphatic heterocycles. The van der Waals surface area contributed by atoms with Crippen LogP contribution in [0.4, 0.5) is 5.69 Å². The highest BCUT2D eigenvalue weighted by molar-refractivity contribution is 7.13. The van der Waals surface area contributed by atoms with E-state index in [1.807, 2.05) is 44.2 Å². The summed E-state index contributed by atoms with van der Waals surface area (Å²) in [6.45, 7) is 4.38. The molecular formula is C19H19N3O2S. The number of anilines is 1. The maximum atomic E-state index is 12.4. The zero-order valence-electron chi connectivity index (χ0n) is 14.2. The number of pyridine rings is 1. The van der Waals surface area contributed by atoms with Crippen LogP contribution in [-0.4, -0.2) is 15.5 Å². The normalized spacial score (nSPS) is 10.6. The van der Waals surface area contributed by atoms with E-state index >= 15 is 0 Å². The molecule has 128 valence electrons. The maximum absolute atomic E-state index is 12.4. The van der Waals surface area contributed by atoms with Gasteiger partial charge in [0.25, 0.3) is 11.5 Å². The Kier molecular flexibility index (Phi) is 5.09. The monoisotopic (exact) mass is 353 g/mol. The lowest BCUT2D eigenvalue weighted by atomic mass is 10.2. The fourth-order valence-corrected chi connectivity index (χ4v) is 3.38. The minimum Gasteiger partial charge on any atom is -0.321 e. The molecule has 0 saturated heterocycles. The van der Waals surface area contributed by atoms with Gasteiger partial charge in [0.15, 0.2) is 0 Å². The van der Waals surface area contributed by atoms with Crippen LogP contribution in [0.1, 0.15) is 32.9 Å². The zero-order chi connectivity index (χ0) is 17.8. The molecular weight excluding hydrogens is 334 g/mol. The van der Waals surface area contributed by atoms with Crippen LogP contribution in [0, 0.1) is 6.92 Å². The Balaban J connectivity index is 1.70. The fraction of sp³-hybridized carbons (Fsp3) is 0.211. The number of aromatic nitrogens is 2. The highest BCUT2D eigenvalue weighted by Crippen LogP contribution is 2.20. The largest absolute Gasteiger partial charge is 0.321 e. The topological polar surface area (TPSA) is 64.0 Å². The molecule has 0 aliphatic carbocycles. The Morgan fingerprint density at radius 2 is 1.96 bits per heavy atom. The van der Waals surface area contributed by atoms with E-state index < -0.39 is 0 Å². The summed E-state index contributed by atoms with van der Waals surface area (Å²) in [6, 6.07) is 12.6. The van der Waals surface area contributed by atoms with Gasteiger partial charge in [-0.3, -0.25) is 9.59 Å². The van der Waals surface area contributed by atoms with E-state index in [9.17, 15) is 9.59 Å². The molecule has 1 amide bonds. The van der Waals surface area contributed by atoms with Crippen molar-refractivity contribution in [2.45, 2.75) is 26.8 Å². The van der Waals surface area contributed by atoms with Gasteiger partial charge in [-0.1, -0.05) is 25.1 Å². The quantitative estimate of drug-likeness (QED) is 0.764. The second-order valence-electron chi connectivity index (χ2n) is 5.69. The van der Waals surface area contributed by atoms with Crippen LogP contribution in [0.3, 0.4) is 0 Å². The van der Waals surface area contributed by atoms with Gasteiger partial charge in [-0.15, -0.1) is 11.3 Å². The number of thiazole rings is 1. The molecule has 0 atom stereocenters. The Morgan fingerprint density at radius 3 is 2.60 bits per heavy atom. The Morgan fingerprint density at radius 1 is 1.20 bits per heavy atom. The molecule has 0 bridgehead atoms. The Labute approximate surface area is 150 Å². The molecule has 0 aliphatic rings. The first kappa shape index (κ1) is 17.1. The average molecular weight is 353 g/mol. The first-order chi connectivity index (χ1) is 12.1. The number of nitrogens with zero attached hydrogens (tertiary/aromatic N) is 2. The molecule has 3 aromatic rings. The van der Waals surface area contributed by atoms with Crippen LogP contribution in [0.5, 0.6) is 0 Å². The standard InChI is InChI=1S/C19H19N3O2S/c1-3-16-20-13(2)18(25-16)19(24)21-15-9-7-14(8-10-15)12-22-11-5-4-6-17(22)23/h4-11H,3,12H2,1-2H3,(H,21,24). The third kappa shape index (κ3) is 4.03. The third-order valence-corrected chi connectivity index (χ3v) is 5.11. The molecule has 3 rings (SSSR count). The predicted molar refractivity (Wildman–Crippen MR) is 100 cm³/mol. The van der Waals surface area contributed by atoms with Crippen molar-refractivity contribution in [2.24, 2.45) is 0 Å². The number of amides is 1. The zero-order valence-corrected chi connectivity index (χ0v) is 15.0. The van der Waals surface area contributed by atoms with Gasteiger partial charge in [-0.2, -0.15) is 0 Å². The van der Waals surface area contributed by atoms with E-state index in [0.29, 0.717) is 11.4 Å². The van der Waals surface area contributed by atoms with Gasteiger partial charge in [0, 0.05) is 18.0 Å². The summed E-state index contributed by atoms with van der Waals surface area (Å²) in [5.41, 5.74) is 2.44. The van der Waals surface area contributed by atoms with Crippen molar-refractivity contribution in [1.82, 2.24) is 9.55 Å². The van der Waals surface area contributed by atoms with Crippen LogP contribution >= 0.6 is 11.3 Å². The number of carbonyl (C=O) groups is 1. The van der Waals surface area contributed by atoms with Gasteiger partial charge in [-0.05, 0) is 37.1 Å². The molecule has 0 radical (unpaired) electrons. The summed E-state index contributed by atoms with van der Waals surface area (Å²) in [5.74, 6) is -0.137. The van der Waals surface area contributed by atoms with Crippen molar-refractivity contribution in [2.75, 3.05) is 5.32 Å². The first-order valence-corrected chi connectivity index (χ1v) is 8.90. The van der Waals surface area contributed by atoms with Crippen LogP contribution in [0.25, 0.3) is 0 Å². The maximum Gasteiger partial charge on any atom is 0.267 e. The Hall–Kier alpha value is -2.73. The van der Waals surface area contributed by atoms with Crippen molar-refractivity contribution >= 4 is 22.9 Å². The van der Waals surface area contributed by atoms with E-state index in [1.165, 1.54) is 17.4 Å². The van der Waals surface area contributed by atoms with Crippen LogP contribution in [0.2, 0.25) is 0 Å². The lowest BCUT2D eigenvalue weighted by Crippen LogP contribution is -2.18. The van der Waals surface area contributed by atoms with Gasteiger partial charge in [0.2, 0.25) is 0 Å². The third-order valence-electron chi connectivity index (χ3n) is 3.81. The number of nitrogens with one attached hydrogen (secondary N) is 1. The number of hydrogen-bond acceptors (Lipinski definition) is 4. The van der Waals surface area contributed by atoms with Gasteiger partial charge in [-0.25, -0.2) is 4.98 Å². The SMILES string of the molecule is CCc1nc(C)c(C(=O)Nc2ccc(Cn3ccccc3=O)cc2)s1. The van der Waals surface area contributed by atoms with Crippen molar-refractivity contribution in [3.63, 3.8) is 0 Å². The summed E-state index contributed by atoms with van der Waals surface area (Å²) >= 11 is 1.43. The molecule has 1 N–H and O–H groups in total. The molecule has 2 heterocycles. The second-order valence-corrected chi connectivity index (χ2v) is 6.78. The van der Waals surface area contributed by atoms with Crippen LogP contribution < -0.4 is 10.9 Å². The van der Waals surface area contributed by atoms with E-state index in [0.717, 1.165) is 28.4 Å². The van der Waals surface area contributed by atoms with Crippen LogP contribution in [0.15, 0.2) is 53.5 Å². The summed E-state index contributed by atoms with van der Waals surface area (Å²) in [6.07, 6.45) is 2.59. The second kappa shape index (κ2) is 7.44. The lowest BCUT2D eigenvalue weighted by molar-refractivity contribution is 0.103. The molecule has 0 fully saturated rings. The molecule has 6 heteroatoms. The minimum atomic E-state index is -0.137. The van der Waals surface area contributed by atoms with Gasteiger partial charge < -0.3 is 9.88 Å². The molecule has 0 spiro atoms. The minimum absolute atomic E-state index is 0.0349. The number of rotatable bonds is 5. The summed E-state index contributed by atoms with van der Waals surface area (Å²) < 4.78 is 1.64. The molecule has 1 aromatic carbocycles. The predicted octanol–water partition coefficient (Wildman–Crippen LogP) is 3.48. The van der Waals surface area contributed by atoms with E-state index in [1.54, 1.807) is 16.8 Å². The smallest absolute Gasteiger partial charge is 0.267 e. The molecule has 0 saturated carbocycles.